The zero-order chi connectivity index (χ0) is 37.0. The van der Waals surface area contributed by atoms with Gasteiger partial charge < -0.3 is 30.4 Å². The average molecular weight is 716 g/mol. The fraction of sp³-hybridized carbons (Fsp3) is 0.422. The van der Waals surface area contributed by atoms with Crippen molar-refractivity contribution in [2.45, 2.75) is 103 Å². The van der Waals surface area contributed by atoms with E-state index in [2.05, 4.69) is 46.6 Å². The van der Waals surface area contributed by atoms with Crippen molar-refractivity contribution in [2.24, 2.45) is 16.1 Å². The van der Waals surface area contributed by atoms with E-state index >= 15 is 0 Å². The predicted octanol–water partition coefficient (Wildman–Crippen LogP) is 9.04. The van der Waals surface area contributed by atoms with Crippen LogP contribution in [-0.4, -0.2) is 37.1 Å². The smallest absolute Gasteiger partial charge is 0.192 e. The van der Waals surface area contributed by atoms with E-state index in [1.54, 1.807) is 20.2 Å². The Morgan fingerprint density at radius 3 is 2.70 bits per heavy atom. The fourth-order valence-electron chi connectivity index (χ4n) is 8.08. The number of phenols is 1. The quantitative estimate of drug-likeness (QED) is 0.0650. The van der Waals surface area contributed by atoms with Crippen LogP contribution in [0, 0.1) is 17.4 Å². The molecular formula is C45H53N3O5. The lowest BCUT2D eigenvalue weighted by atomic mass is 9.75. The van der Waals surface area contributed by atoms with Gasteiger partial charge in [0.05, 0.1) is 7.11 Å². The Balaban J connectivity index is 1.16. The molecule has 0 aromatic heterocycles. The van der Waals surface area contributed by atoms with Crippen LogP contribution in [0.15, 0.2) is 77.8 Å². The highest BCUT2D eigenvalue weighted by Gasteiger charge is 2.36. The van der Waals surface area contributed by atoms with E-state index in [-0.39, 0.29) is 23.1 Å². The molecule has 2 heterocycles. The normalized spacial score (nSPS) is 17.6. The number of methoxy groups -OCH3 is 1. The number of Topliss-reactive ketones (excluding diaryl/α,β-unsaturated/α-hetero) is 1. The molecule has 2 aliphatic heterocycles. The number of benzene rings is 4. The van der Waals surface area contributed by atoms with Crippen LogP contribution in [0.1, 0.15) is 92.9 Å². The Morgan fingerprint density at radius 2 is 1.87 bits per heavy atom. The molecule has 7 rings (SSSR count). The summed E-state index contributed by atoms with van der Waals surface area (Å²) in [7, 11) is 3.31. The van der Waals surface area contributed by atoms with Crippen molar-refractivity contribution in [2.75, 3.05) is 19.5 Å². The number of nitrogens with zero attached hydrogens (tertiary/aromatic N) is 1. The van der Waals surface area contributed by atoms with Gasteiger partial charge in [-0.25, -0.2) is 0 Å². The van der Waals surface area contributed by atoms with Crippen LogP contribution in [0.3, 0.4) is 0 Å². The topological polar surface area (TPSA) is 115 Å². The number of nitrogens with two attached hydrogens (primary N) is 1. The Morgan fingerprint density at radius 1 is 1.02 bits per heavy atom. The van der Waals surface area contributed by atoms with E-state index < -0.39 is 0 Å². The number of carbonyl (C=O) groups is 1. The van der Waals surface area contributed by atoms with Crippen LogP contribution in [0.5, 0.6) is 17.2 Å². The van der Waals surface area contributed by atoms with Crippen LogP contribution in [0.25, 0.3) is 10.8 Å². The molecule has 3 aliphatic rings. The molecule has 1 aliphatic carbocycles. The fourth-order valence-corrected chi connectivity index (χ4v) is 8.08. The average Bonchev–Trinajstić information content (AvgIpc) is 3.63. The standard InChI is InChI=1S/C45H53N3O5/c1-47-44(46)48-36-12-8-11-32(27-36)10-4-3-5-22-45(23-6-7-24-45)30-38-29-37(49)18-14-33-16-21-42(51-2)43(28-33)53-31-34-15-19-39-35(26-34)17-20-41(50)40(39)13-9-25-52-38/h8,11-12,15-17,19-21,26-28,38,50H,3-7,10,13-14,18,22-24,29-31H2,1-2H3,(H3,46,47,48)/t38-/m0/s1. The Kier molecular flexibility index (Phi) is 12.8. The number of rotatable bonds is 10. The molecule has 0 unspecified atom stereocenters. The first-order valence-electron chi connectivity index (χ1n) is 19.1. The summed E-state index contributed by atoms with van der Waals surface area (Å²) in [5.74, 6) is 5.27. The number of carbonyl (C=O) groups excluding carboxylic acids is 1. The summed E-state index contributed by atoms with van der Waals surface area (Å²) < 4.78 is 18.2. The van der Waals surface area contributed by atoms with Gasteiger partial charge >= 0.3 is 0 Å². The van der Waals surface area contributed by atoms with E-state index in [1.807, 2.05) is 42.5 Å². The molecule has 4 N–H and O–H groups in total. The molecule has 1 fully saturated rings. The lowest BCUT2D eigenvalue weighted by Crippen LogP contribution is -2.27. The van der Waals surface area contributed by atoms with E-state index in [1.165, 1.54) is 18.4 Å². The van der Waals surface area contributed by atoms with Crippen LogP contribution in [-0.2, 0) is 35.4 Å². The SMILES string of the molecule is CN=C(N)Nc1cccc(CCCCCC2(C[C@@H]3CC(=O)CCc4ccc(OC)c(c4)OCc4ccc5c(c(O)ccc5c4)CC#CO3)CCCC2)c1. The second-order valence-corrected chi connectivity index (χ2v) is 14.7. The Bertz CT molecular complexity index is 1970. The first-order chi connectivity index (χ1) is 25.8. The zero-order valence-electron chi connectivity index (χ0n) is 31.2. The van der Waals surface area contributed by atoms with E-state index in [0.717, 1.165) is 84.5 Å². The predicted molar refractivity (Wildman–Crippen MR) is 213 cm³/mol. The first-order valence-corrected chi connectivity index (χ1v) is 19.1. The number of anilines is 1. The molecule has 4 aromatic carbocycles. The number of hydrogen-bond donors (Lipinski definition) is 3. The Hall–Kier alpha value is -5.16. The maximum absolute atomic E-state index is 13.6. The van der Waals surface area contributed by atoms with Crippen LogP contribution >= 0.6 is 0 Å². The summed E-state index contributed by atoms with van der Waals surface area (Å²) >= 11 is 0. The van der Waals surface area contributed by atoms with Crippen molar-refractivity contribution in [3.8, 4) is 29.3 Å². The van der Waals surface area contributed by atoms with E-state index in [9.17, 15) is 9.90 Å². The van der Waals surface area contributed by atoms with Crippen molar-refractivity contribution in [1.82, 2.24) is 0 Å². The largest absolute Gasteiger partial charge is 0.508 e. The van der Waals surface area contributed by atoms with Crippen LogP contribution in [0.4, 0.5) is 5.69 Å². The number of hydrogen-bond acceptors (Lipinski definition) is 6. The molecule has 0 radical (unpaired) electrons. The van der Waals surface area contributed by atoms with Gasteiger partial charge in [0, 0.05) is 37.6 Å². The first kappa shape index (κ1) is 37.6. The molecule has 0 saturated heterocycles. The van der Waals surface area contributed by atoms with Gasteiger partial charge in [0.15, 0.2) is 17.5 Å². The molecule has 278 valence electrons. The van der Waals surface area contributed by atoms with Crippen molar-refractivity contribution >= 4 is 28.2 Å². The monoisotopic (exact) mass is 715 g/mol. The van der Waals surface area contributed by atoms with Gasteiger partial charge in [-0.05, 0) is 114 Å². The number of unbranched alkanes of at least 4 members (excludes halogenated alkanes) is 2. The number of fused-ring (bicyclic) bond motifs is 9. The van der Waals surface area contributed by atoms with E-state index in [0.29, 0.717) is 49.7 Å². The second kappa shape index (κ2) is 18.1. The molecule has 8 heteroatoms. The van der Waals surface area contributed by atoms with Crippen molar-refractivity contribution in [1.29, 1.82) is 0 Å². The number of ketones is 1. The lowest BCUT2D eigenvalue weighted by molar-refractivity contribution is -0.121. The minimum Gasteiger partial charge on any atom is -0.508 e. The number of ether oxygens (including phenoxy) is 3. The third kappa shape index (κ3) is 10.3. The van der Waals surface area contributed by atoms with E-state index in [4.69, 9.17) is 19.9 Å². The van der Waals surface area contributed by atoms with Crippen LogP contribution < -0.4 is 20.5 Å². The minimum absolute atomic E-state index is 0.149. The number of guanidine groups is 1. The minimum atomic E-state index is -0.289. The van der Waals surface area contributed by atoms with Crippen molar-refractivity contribution < 1.29 is 24.1 Å². The van der Waals surface area contributed by atoms with Gasteiger partial charge in [0.1, 0.15) is 30.4 Å². The van der Waals surface area contributed by atoms with Gasteiger partial charge in [-0.3, -0.25) is 9.79 Å². The molecule has 6 bridgehead atoms. The number of aliphatic imine (C=N–C) groups is 1. The van der Waals surface area contributed by atoms with Gasteiger partial charge in [-0.15, -0.1) is 0 Å². The summed E-state index contributed by atoms with van der Waals surface area (Å²) in [5.41, 5.74) is 11.0. The third-order valence-electron chi connectivity index (χ3n) is 10.9. The summed E-state index contributed by atoms with van der Waals surface area (Å²) in [6.07, 6.45) is 15.5. The number of nitrogens with one attached hydrogen (secondary N) is 1. The molecule has 0 spiro atoms. The second-order valence-electron chi connectivity index (χ2n) is 14.7. The lowest BCUT2D eigenvalue weighted by Gasteiger charge is -2.32. The van der Waals surface area contributed by atoms with Gasteiger partial charge in [0.25, 0.3) is 0 Å². The summed E-state index contributed by atoms with van der Waals surface area (Å²) in [6, 6.07) is 24.0. The molecular weight excluding hydrogens is 663 g/mol. The van der Waals surface area contributed by atoms with Gasteiger partial charge in [-0.2, -0.15) is 0 Å². The summed E-state index contributed by atoms with van der Waals surface area (Å²) in [5, 5.41) is 15.9. The maximum atomic E-state index is 13.6. The van der Waals surface area contributed by atoms with Crippen molar-refractivity contribution in [3.63, 3.8) is 0 Å². The van der Waals surface area contributed by atoms with Crippen LogP contribution in [0.2, 0.25) is 0 Å². The highest BCUT2D eigenvalue weighted by atomic mass is 16.5. The summed E-state index contributed by atoms with van der Waals surface area (Å²) in [6.45, 7) is 0.360. The molecule has 53 heavy (non-hydrogen) atoms. The zero-order valence-corrected chi connectivity index (χ0v) is 31.2. The number of phenolic OH excluding ortho intramolecular Hbond substituents is 1. The molecule has 4 aromatic rings. The molecule has 0 amide bonds. The van der Waals surface area contributed by atoms with Crippen molar-refractivity contribution in [3.05, 3.63) is 95.1 Å². The number of aryl methyl sites for hydroxylation is 2. The van der Waals surface area contributed by atoms with Gasteiger partial charge in [0.2, 0.25) is 0 Å². The van der Waals surface area contributed by atoms with Gasteiger partial charge in [-0.1, -0.05) is 68.0 Å². The number of aromatic hydroxyl groups is 1. The third-order valence-corrected chi connectivity index (χ3v) is 10.9. The Labute approximate surface area is 314 Å². The highest BCUT2D eigenvalue weighted by Crippen LogP contribution is 2.47. The maximum Gasteiger partial charge on any atom is 0.192 e. The molecule has 1 saturated carbocycles. The highest BCUT2D eigenvalue weighted by molar-refractivity contribution is 5.92. The summed E-state index contributed by atoms with van der Waals surface area (Å²) in [4.78, 5) is 17.6. The molecule has 8 nitrogen and oxygen atoms in total. The molecule has 1 atom stereocenters.